The van der Waals surface area contributed by atoms with Crippen LogP contribution in [0.3, 0.4) is 0 Å². The highest BCUT2D eigenvalue weighted by atomic mass is 32.1. The van der Waals surface area contributed by atoms with Crippen LogP contribution >= 0.6 is 12.6 Å². The third kappa shape index (κ3) is 9.20. The van der Waals surface area contributed by atoms with Crippen molar-refractivity contribution in [3.63, 3.8) is 0 Å². The molecular formula is C2H10N4OS. The maximum atomic E-state index is 9.87. The normalized spacial score (nSPS) is 6.50. The van der Waals surface area contributed by atoms with E-state index in [1.165, 1.54) is 0 Å². The van der Waals surface area contributed by atoms with Crippen LogP contribution in [0.15, 0.2) is 0 Å². The first-order valence-electron chi connectivity index (χ1n) is 1.75. The van der Waals surface area contributed by atoms with E-state index in [0.717, 1.165) is 0 Å². The fraction of sp³-hybridized carbons (Fsp3) is 0.500. The van der Waals surface area contributed by atoms with E-state index < -0.39 is 0 Å². The molecule has 0 spiro atoms. The average Bonchev–Trinajstić information content (AvgIpc) is 1.91. The Balaban J connectivity index is 0. The number of hydrogen-bond donors (Lipinski definition) is 5. The van der Waals surface area contributed by atoms with Gasteiger partial charge in [0.25, 0.3) is 0 Å². The third-order valence-electron chi connectivity index (χ3n) is 0.305. The van der Waals surface area contributed by atoms with Crippen molar-refractivity contribution in [1.82, 2.24) is 5.43 Å². The minimum absolute atomic E-state index is 0.149. The lowest BCUT2D eigenvalue weighted by Crippen LogP contribution is -2.30. The van der Waals surface area contributed by atoms with Crippen LogP contribution in [0, 0.1) is 0 Å². The molecule has 0 bridgehead atoms. The molecule has 0 saturated heterocycles. The molecule has 7 N–H and O–H groups in total. The largest absolute Gasteiger partial charge is 0.294 e. The summed E-state index contributed by atoms with van der Waals surface area (Å²) >= 11 is 3.60. The Labute approximate surface area is 52.9 Å². The molecule has 0 rings (SSSR count). The Kier molecular flexibility index (Phi) is 13.1. The minimum atomic E-state index is -0.265. The van der Waals surface area contributed by atoms with Gasteiger partial charge in [-0.3, -0.25) is 21.9 Å². The molecule has 0 unspecified atom stereocenters. The van der Waals surface area contributed by atoms with Gasteiger partial charge in [-0.25, -0.2) is 5.84 Å². The summed E-state index contributed by atoms with van der Waals surface area (Å²) in [5.41, 5.74) is 1.90. The summed E-state index contributed by atoms with van der Waals surface area (Å²) in [5.74, 6) is 12.5. The molecule has 0 aliphatic heterocycles. The summed E-state index contributed by atoms with van der Waals surface area (Å²) in [6.45, 7) is 0. The van der Waals surface area contributed by atoms with E-state index >= 15 is 0 Å². The van der Waals surface area contributed by atoms with E-state index in [4.69, 9.17) is 0 Å². The second-order valence-electron chi connectivity index (χ2n) is 0.726. The van der Waals surface area contributed by atoms with Gasteiger partial charge in [0.2, 0.25) is 5.91 Å². The summed E-state index contributed by atoms with van der Waals surface area (Å²) < 4.78 is 0. The molecule has 0 aromatic carbocycles. The van der Waals surface area contributed by atoms with Gasteiger partial charge in [-0.2, -0.15) is 12.6 Å². The predicted octanol–water partition coefficient (Wildman–Crippen LogP) is -2.28. The fourth-order valence-electron chi connectivity index (χ4n) is 0.0456. The quantitative estimate of drug-likeness (QED) is 0.122. The predicted molar refractivity (Wildman–Crippen MR) is 34.6 cm³/mol. The van der Waals surface area contributed by atoms with Crippen molar-refractivity contribution in [2.24, 2.45) is 17.5 Å². The van der Waals surface area contributed by atoms with Crippen LogP contribution in [-0.2, 0) is 4.79 Å². The van der Waals surface area contributed by atoms with E-state index in [0.29, 0.717) is 0 Å². The molecular weight excluding hydrogens is 128 g/mol. The SMILES string of the molecule is NN.NNC(=O)CS. The highest BCUT2D eigenvalue weighted by Gasteiger charge is 1.86. The zero-order valence-electron chi connectivity index (χ0n) is 4.29. The Hall–Kier alpha value is -0.300. The molecule has 5 nitrogen and oxygen atoms in total. The number of amides is 1. The van der Waals surface area contributed by atoms with Crippen LogP contribution < -0.4 is 23.0 Å². The van der Waals surface area contributed by atoms with E-state index in [2.05, 4.69) is 30.2 Å². The maximum absolute atomic E-state index is 9.87. The van der Waals surface area contributed by atoms with E-state index in [1.807, 2.05) is 5.43 Å². The zero-order chi connectivity index (χ0) is 6.99. The van der Waals surface area contributed by atoms with Gasteiger partial charge in [0, 0.05) is 0 Å². The molecule has 0 radical (unpaired) electrons. The Morgan fingerprint density at radius 2 is 2.00 bits per heavy atom. The molecule has 0 aromatic heterocycles. The van der Waals surface area contributed by atoms with Crippen LogP contribution in [-0.4, -0.2) is 11.7 Å². The first-order valence-corrected chi connectivity index (χ1v) is 2.38. The van der Waals surface area contributed by atoms with E-state index in [1.54, 1.807) is 0 Å². The lowest BCUT2D eigenvalue weighted by molar-refractivity contribution is -0.118. The van der Waals surface area contributed by atoms with Gasteiger partial charge in [-0.1, -0.05) is 0 Å². The molecule has 0 atom stereocenters. The molecule has 0 saturated carbocycles. The highest BCUT2D eigenvalue weighted by molar-refractivity contribution is 7.81. The minimum Gasteiger partial charge on any atom is -0.294 e. The third-order valence-corrected chi connectivity index (χ3v) is 0.592. The number of carbonyl (C=O) groups is 1. The standard InChI is InChI=1S/C2H6N2OS.H4N2/c3-4-2(5)1-6;1-2/h6H,1,3H2,(H,4,5);1-2H2. The summed E-state index contributed by atoms with van der Waals surface area (Å²) in [4.78, 5) is 9.87. The van der Waals surface area contributed by atoms with Gasteiger partial charge < -0.3 is 0 Å². The van der Waals surface area contributed by atoms with Gasteiger partial charge in [-0.15, -0.1) is 0 Å². The number of nitrogens with two attached hydrogens (primary N) is 3. The second-order valence-corrected chi connectivity index (χ2v) is 1.04. The number of hydrazine groups is 2. The second kappa shape index (κ2) is 9.85. The molecule has 6 heteroatoms. The highest BCUT2D eigenvalue weighted by Crippen LogP contribution is 1.66. The Bertz CT molecular complexity index is 52.0. The summed E-state index contributed by atoms with van der Waals surface area (Å²) in [6.07, 6.45) is 0. The van der Waals surface area contributed by atoms with Gasteiger partial charge >= 0.3 is 0 Å². The Morgan fingerprint density at radius 1 is 1.62 bits per heavy atom. The zero-order valence-corrected chi connectivity index (χ0v) is 5.19. The van der Waals surface area contributed by atoms with Gasteiger partial charge in [-0.05, 0) is 0 Å². The first-order chi connectivity index (χ1) is 3.81. The van der Waals surface area contributed by atoms with Gasteiger partial charge in [0.1, 0.15) is 0 Å². The summed E-state index contributed by atoms with van der Waals surface area (Å²) in [5, 5.41) is 0. The lowest BCUT2D eigenvalue weighted by atomic mass is 10.8. The van der Waals surface area contributed by atoms with Crippen molar-refractivity contribution in [1.29, 1.82) is 0 Å². The van der Waals surface area contributed by atoms with Gasteiger partial charge in [0.15, 0.2) is 0 Å². The van der Waals surface area contributed by atoms with Crippen molar-refractivity contribution in [2.45, 2.75) is 0 Å². The molecule has 8 heavy (non-hydrogen) atoms. The van der Waals surface area contributed by atoms with E-state index in [-0.39, 0.29) is 11.7 Å². The number of nitrogens with one attached hydrogen (secondary N) is 1. The molecule has 0 aliphatic rings. The maximum Gasteiger partial charge on any atom is 0.243 e. The van der Waals surface area contributed by atoms with Crippen LogP contribution in [0.25, 0.3) is 0 Å². The number of rotatable bonds is 1. The first kappa shape index (κ1) is 10.6. The molecule has 50 valence electrons. The smallest absolute Gasteiger partial charge is 0.243 e. The van der Waals surface area contributed by atoms with E-state index in [9.17, 15) is 4.79 Å². The number of thiol groups is 1. The number of carbonyl (C=O) groups excluding carboxylic acids is 1. The van der Waals surface area contributed by atoms with Crippen LogP contribution in [0.5, 0.6) is 0 Å². The molecule has 0 aromatic rings. The van der Waals surface area contributed by atoms with Gasteiger partial charge in [0.05, 0.1) is 5.75 Å². The van der Waals surface area contributed by atoms with Crippen molar-refractivity contribution in [3.05, 3.63) is 0 Å². The number of hydrogen-bond acceptors (Lipinski definition) is 5. The molecule has 0 aliphatic carbocycles. The summed E-state index contributed by atoms with van der Waals surface area (Å²) in [7, 11) is 0. The lowest BCUT2D eigenvalue weighted by Gasteiger charge is -1.86. The fourth-order valence-corrected chi connectivity index (χ4v) is 0.137. The molecule has 1 amide bonds. The van der Waals surface area contributed by atoms with Crippen molar-refractivity contribution in [3.8, 4) is 0 Å². The van der Waals surface area contributed by atoms with Crippen LogP contribution in [0.2, 0.25) is 0 Å². The van der Waals surface area contributed by atoms with Crippen LogP contribution in [0.4, 0.5) is 0 Å². The van der Waals surface area contributed by atoms with Crippen molar-refractivity contribution in [2.75, 3.05) is 5.75 Å². The molecule has 0 heterocycles. The average molecular weight is 138 g/mol. The Morgan fingerprint density at radius 3 is 2.00 bits per heavy atom. The van der Waals surface area contributed by atoms with Crippen molar-refractivity contribution >= 4 is 18.5 Å². The van der Waals surface area contributed by atoms with Crippen LogP contribution in [0.1, 0.15) is 0 Å². The van der Waals surface area contributed by atoms with Crippen molar-refractivity contribution < 1.29 is 4.79 Å². The topological polar surface area (TPSA) is 107 Å². The molecule has 0 fully saturated rings. The summed E-state index contributed by atoms with van der Waals surface area (Å²) in [6, 6.07) is 0. The monoisotopic (exact) mass is 138 g/mol.